The zero-order valence-electron chi connectivity index (χ0n) is 8.44. The summed E-state index contributed by atoms with van der Waals surface area (Å²) in [5.74, 6) is 1.19. The van der Waals surface area contributed by atoms with Gasteiger partial charge in [-0.3, -0.25) is 4.79 Å². The van der Waals surface area contributed by atoms with Gasteiger partial charge < -0.3 is 4.74 Å². The Hall–Kier alpha value is -0.310. The molecule has 2 aliphatic carbocycles. The first-order chi connectivity index (χ1) is 6.72. The smallest absolute Gasteiger partial charge is 0.186 e. The summed E-state index contributed by atoms with van der Waals surface area (Å²) in [6.45, 7) is 2.62. The van der Waals surface area contributed by atoms with Crippen LogP contribution in [0.25, 0.3) is 0 Å². The third kappa shape index (κ3) is 1.25. The van der Waals surface area contributed by atoms with Crippen molar-refractivity contribution in [1.82, 2.24) is 0 Å². The Morgan fingerprint density at radius 2 is 2.00 bits per heavy atom. The van der Waals surface area contributed by atoms with Crippen LogP contribution in [0.1, 0.15) is 39.0 Å². The van der Waals surface area contributed by atoms with Gasteiger partial charge in [-0.1, -0.05) is 19.3 Å². The first-order valence-corrected chi connectivity index (χ1v) is 6.09. The Labute approximate surface area is 92.8 Å². The van der Waals surface area contributed by atoms with Crippen molar-refractivity contribution in [3.63, 3.8) is 0 Å². The van der Waals surface area contributed by atoms with Crippen molar-refractivity contribution in [2.45, 2.75) is 39.0 Å². The molecule has 0 atom stereocenters. The van der Waals surface area contributed by atoms with Gasteiger partial charge in [-0.15, -0.1) is 0 Å². The van der Waals surface area contributed by atoms with Crippen LogP contribution in [0.3, 0.4) is 0 Å². The van der Waals surface area contributed by atoms with E-state index in [0.29, 0.717) is 11.1 Å². The highest BCUT2D eigenvalue weighted by molar-refractivity contribution is 9.12. The minimum atomic E-state index is -0.229. The average molecular weight is 259 g/mol. The van der Waals surface area contributed by atoms with Gasteiger partial charge in [0.2, 0.25) is 0 Å². The van der Waals surface area contributed by atoms with E-state index in [0.717, 1.165) is 31.4 Å². The highest BCUT2D eigenvalue weighted by Gasteiger charge is 2.54. The van der Waals surface area contributed by atoms with Crippen LogP contribution in [0.15, 0.2) is 10.2 Å². The van der Waals surface area contributed by atoms with E-state index in [2.05, 4.69) is 15.9 Å². The summed E-state index contributed by atoms with van der Waals surface area (Å²) in [5.41, 5.74) is -0.229. The highest BCUT2D eigenvalue weighted by atomic mass is 79.9. The number of ether oxygens (including phenoxy) is 1. The van der Waals surface area contributed by atoms with Gasteiger partial charge >= 0.3 is 0 Å². The fourth-order valence-corrected chi connectivity index (χ4v) is 3.39. The third-order valence-corrected chi connectivity index (χ3v) is 3.98. The molecule has 0 aromatic heterocycles. The Morgan fingerprint density at radius 1 is 1.36 bits per heavy atom. The van der Waals surface area contributed by atoms with E-state index in [1.165, 1.54) is 6.42 Å². The van der Waals surface area contributed by atoms with Gasteiger partial charge in [-0.2, -0.15) is 0 Å². The summed E-state index contributed by atoms with van der Waals surface area (Å²) >= 11 is 3.31. The number of hydrogen-bond donors (Lipinski definition) is 0. The molecule has 1 saturated carbocycles. The van der Waals surface area contributed by atoms with Crippen molar-refractivity contribution in [3.05, 3.63) is 10.2 Å². The molecule has 0 saturated heterocycles. The van der Waals surface area contributed by atoms with Crippen molar-refractivity contribution in [3.8, 4) is 0 Å². The quantitative estimate of drug-likeness (QED) is 0.761. The fourth-order valence-electron chi connectivity index (χ4n) is 2.52. The lowest BCUT2D eigenvalue weighted by molar-refractivity contribution is -0.130. The topological polar surface area (TPSA) is 26.3 Å². The lowest BCUT2D eigenvalue weighted by atomic mass is 9.63. The molecule has 0 N–H and O–H groups in total. The average Bonchev–Trinajstić information content (AvgIpc) is 2.26. The van der Waals surface area contributed by atoms with Crippen molar-refractivity contribution < 1.29 is 9.53 Å². The molecule has 0 heterocycles. The van der Waals surface area contributed by atoms with Crippen LogP contribution in [0.4, 0.5) is 0 Å². The number of hydrogen-bond acceptors (Lipinski definition) is 2. The largest absolute Gasteiger partial charge is 0.496 e. The second-order valence-corrected chi connectivity index (χ2v) is 4.84. The second kappa shape index (κ2) is 3.69. The van der Waals surface area contributed by atoms with Crippen LogP contribution in [-0.4, -0.2) is 12.4 Å². The Bertz CT molecular complexity index is 288. The van der Waals surface area contributed by atoms with Gasteiger partial charge in [0.25, 0.3) is 0 Å². The van der Waals surface area contributed by atoms with Crippen LogP contribution in [0, 0.1) is 5.41 Å². The monoisotopic (exact) mass is 258 g/mol. The van der Waals surface area contributed by atoms with E-state index in [1.54, 1.807) is 0 Å². The van der Waals surface area contributed by atoms with Crippen LogP contribution in [0.2, 0.25) is 0 Å². The van der Waals surface area contributed by atoms with Crippen LogP contribution >= 0.6 is 15.9 Å². The van der Waals surface area contributed by atoms with Gasteiger partial charge in [0.05, 0.1) is 12.0 Å². The molecule has 14 heavy (non-hydrogen) atoms. The fraction of sp³-hybridized carbons (Fsp3) is 0.727. The van der Waals surface area contributed by atoms with E-state index >= 15 is 0 Å². The number of rotatable bonds is 2. The predicted octanol–water partition coefficient (Wildman–Crippen LogP) is 3.16. The zero-order chi connectivity index (χ0) is 10.2. The van der Waals surface area contributed by atoms with E-state index in [4.69, 9.17) is 4.74 Å². The van der Waals surface area contributed by atoms with E-state index < -0.39 is 0 Å². The lowest BCUT2D eigenvalue weighted by Gasteiger charge is -2.43. The number of halogens is 1. The zero-order valence-corrected chi connectivity index (χ0v) is 10.0. The highest BCUT2D eigenvalue weighted by Crippen LogP contribution is 2.54. The molecule has 0 radical (unpaired) electrons. The maximum absolute atomic E-state index is 11.8. The molecular weight excluding hydrogens is 244 g/mol. The van der Waals surface area contributed by atoms with Crippen molar-refractivity contribution >= 4 is 21.7 Å². The molecule has 2 rings (SSSR count). The molecule has 2 nitrogen and oxygen atoms in total. The number of carbonyl (C=O) groups excluding carboxylic acids is 1. The summed E-state index contributed by atoms with van der Waals surface area (Å²) in [7, 11) is 0. The maximum Gasteiger partial charge on any atom is 0.186 e. The van der Waals surface area contributed by atoms with Gasteiger partial charge in [-0.25, -0.2) is 0 Å². The Kier molecular flexibility index (Phi) is 2.69. The van der Waals surface area contributed by atoms with E-state index in [9.17, 15) is 4.79 Å². The summed E-state index contributed by atoms with van der Waals surface area (Å²) in [5, 5.41) is 0. The minimum absolute atomic E-state index is 0.229. The third-order valence-electron chi connectivity index (χ3n) is 3.26. The second-order valence-electron chi connectivity index (χ2n) is 4.05. The predicted molar refractivity (Wildman–Crippen MR) is 58.1 cm³/mol. The minimum Gasteiger partial charge on any atom is -0.496 e. The van der Waals surface area contributed by atoms with Crippen molar-refractivity contribution in [1.29, 1.82) is 0 Å². The van der Waals surface area contributed by atoms with E-state index in [-0.39, 0.29) is 11.2 Å². The standard InChI is InChI=1S/C11H15BrO2/c1-2-14-10-8(12)9(13)11(10)6-4-3-5-7-11/h2-7H2,1H3. The molecule has 0 bridgehead atoms. The molecule has 0 aromatic rings. The number of allylic oxidation sites excluding steroid dienone is 2. The van der Waals surface area contributed by atoms with Gasteiger partial charge in [-0.05, 0) is 35.7 Å². The normalized spacial score (nSPS) is 25.1. The van der Waals surface area contributed by atoms with Crippen LogP contribution in [0.5, 0.6) is 0 Å². The molecule has 2 aliphatic rings. The molecular formula is C11H15BrO2. The molecule has 3 heteroatoms. The van der Waals surface area contributed by atoms with Gasteiger partial charge in [0.15, 0.2) is 5.78 Å². The molecule has 1 fully saturated rings. The molecule has 0 amide bonds. The summed E-state index contributed by atoms with van der Waals surface area (Å²) < 4.78 is 6.25. The summed E-state index contributed by atoms with van der Waals surface area (Å²) in [4.78, 5) is 11.8. The van der Waals surface area contributed by atoms with Gasteiger partial charge in [0.1, 0.15) is 10.2 Å². The molecule has 78 valence electrons. The van der Waals surface area contributed by atoms with Crippen LogP contribution < -0.4 is 0 Å². The Morgan fingerprint density at radius 3 is 2.57 bits per heavy atom. The van der Waals surface area contributed by atoms with E-state index in [1.807, 2.05) is 6.92 Å². The first kappa shape index (κ1) is 10.2. The number of carbonyl (C=O) groups is 1. The SMILES string of the molecule is CCOC1=C(Br)C(=O)C12CCCCC2. The van der Waals surface area contributed by atoms with Crippen molar-refractivity contribution in [2.24, 2.45) is 5.41 Å². The lowest BCUT2D eigenvalue weighted by Crippen LogP contribution is -2.45. The Balaban J connectivity index is 2.23. The molecule has 0 aliphatic heterocycles. The maximum atomic E-state index is 11.8. The first-order valence-electron chi connectivity index (χ1n) is 5.30. The molecule has 0 unspecified atom stereocenters. The number of ketones is 1. The number of Topliss-reactive ketones (excluding diaryl/α,β-unsaturated/α-hetero) is 1. The van der Waals surface area contributed by atoms with Crippen LogP contribution in [-0.2, 0) is 9.53 Å². The summed E-state index contributed by atoms with van der Waals surface area (Å²) in [6.07, 6.45) is 5.53. The summed E-state index contributed by atoms with van der Waals surface area (Å²) in [6, 6.07) is 0. The van der Waals surface area contributed by atoms with Gasteiger partial charge in [0, 0.05) is 0 Å². The molecule has 1 spiro atoms. The molecule has 0 aromatic carbocycles. The van der Waals surface area contributed by atoms with Crippen molar-refractivity contribution in [2.75, 3.05) is 6.61 Å².